The van der Waals surface area contributed by atoms with Crippen molar-refractivity contribution >= 4 is 17.7 Å². The van der Waals surface area contributed by atoms with Crippen LogP contribution in [0.2, 0.25) is 0 Å². The molecule has 1 aliphatic rings. The average molecular weight is 373 g/mol. The lowest BCUT2D eigenvalue weighted by atomic mass is 9.88. The summed E-state index contributed by atoms with van der Waals surface area (Å²) in [7, 11) is 0. The molecule has 1 fully saturated rings. The second-order valence-corrected chi connectivity index (χ2v) is 7.92. The third-order valence-corrected chi connectivity index (χ3v) is 5.13. The molecule has 0 aromatic heterocycles. The number of hydrogen-bond acceptors (Lipinski definition) is 3. The van der Waals surface area contributed by atoms with E-state index < -0.39 is 5.97 Å². The molecule has 1 aliphatic heterocycles. The van der Waals surface area contributed by atoms with Crippen LogP contribution in [0.3, 0.4) is 0 Å². The number of amides is 1. The predicted octanol–water partition coefficient (Wildman–Crippen LogP) is 3.95. The Morgan fingerprint density at radius 3 is 2.19 bits per heavy atom. The summed E-state index contributed by atoms with van der Waals surface area (Å²) in [5.74, 6) is 0.0116. The zero-order chi connectivity index (χ0) is 19.8. The molecule has 0 unspecified atom stereocenters. The molecule has 27 heavy (non-hydrogen) atoms. The van der Waals surface area contributed by atoms with Crippen LogP contribution >= 0.6 is 0 Å². The molecule has 0 atom stereocenters. The fourth-order valence-electron chi connectivity index (χ4n) is 3.61. The quantitative estimate of drug-likeness (QED) is 0.525. The van der Waals surface area contributed by atoms with Gasteiger partial charge in [0, 0.05) is 37.4 Å². The van der Waals surface area contributed by atoms with E-state index in [2.05, 4.69) is 13.8 Å². The number of benzene rings is 1. The van der Waals surface area contributed by atoms with E-state index in [1.807, 2.05) is 29.2 Å². The SMILES string of the molecule is CC(C)Cc1ccc(C(=O)C2CCN(C(=O)CCCCC(=O)O)CC2)cc1. The summed E-state index contributed by atoms with van der Waals surface area (Å²) in [6.45, 7) is 5.58. The highest BCUT2D eigenvalue weighted by Crippen LogP contribution is 2.23. The standard InChI is InChI=1S/C22H31NO4/c1-16(2)15-17-7-9-18(10-8-17)22(27)19-11-13-23(14-12-19)20(24)5-3-4-6-21(25)26/h7-10,16,19H,3-6,11-15H2,1-2H3,(H,25,26). The molecule has 1 aromatic carbocycles. The van der Waals surface area contributed by atoms with Crippen LogP contribution in [0.5, 0.6) is 0 Å². The number of carboxylic acid groups (broad SMARTS) is 1. The highest BCUT2D eigenvalue weighted by Gasteiger charge is 2.27. The lowest BCUT2D eigenvalue weighted by molar-refractivity contribution is -0.137. The van der Waals surface area contributed by atoms with Crippen molar-refractivity contribution in [3.63, 3.8) is 0 Å². The molecule has 148 valence electrons. The smallest absolute Gasteiger partial charge is 0.303 e. The minimum Gasteiger partial charge on any atom is -0.481 e. The summed E-state index contributed by atoms with van der Waals surface area (Å²) in [5, 5.41) is 8.63. The number of nitrogens with zero attached hydrogens (tertiary/aromatic N) is 1. The van der Waals surface area contributed by atoms with Gasteiger partial charge in [-0.1, -0.05) is 38.1 Å². The third-order valence-electron chi connectivity index (χ3n) is 5.13. The van der Waals surface area contributed by atoms with E-state index in [0.717, 1.165) is 12.0 Å². The molecule has 1 heterocycles. The lowest BCUT2D eigenvalue weighted by Crippen LogP contribution is -2.40. The summed E-state index contributed by atoms with van der Waals surface area (Å²) in [4.78, 5) is 37.3. The van der Waals surface area contributed by atoms with Crippen molar-refractivity contribution in [2.24, 2.45) is 11.8 Å². The Balaban J connectivity index is 1.78. The summed E-state index contributed by atoms with van der Waals surface area (Å²) in [6, 6.07) is 7.95. The Labute approximate surface area is 161 Å². The Morgan fingerprint density at radius 2 is 1.63 bits per heavy atom. The van der Waals surface area contributed by atoms with Crippen LogP contribution in [0.1, 0.15) is 68.3 Å². The molecule has 0 aliphatic carbocycles. The van der Waals surface area contributed by atoms with Gasteiger partial charge in [-0.2, -0.15) is 0 Å². The Bertz CT molecular complexity index is 643. The van der Waals surface area contributed by atoms with Gasteiger partial charge in [-0.15, -0.1) is 0 Å². The number of ketones is 1. The second kappa shape index (κ2) is 10.2. The summed E-state index contributed by atoms with van der Waals surface area (Å²) >= 11 is 0. The van der Waals surface area contributed by atoms with Gasteiger partial charge in [-0.3, -0.25) is 14.4 Å². The normalized spacial score (nSPS) is 15.1. The maximum absolute atomic E-state index is 12.7. The molecule has 1 saturated heterocycles. The van der Waals surface area contributed by atoms with Gasteiger partial charge in [0.25, 0.3) is 0 Å². The lowest BCUT2D eigenvalue weighted by Gasteiger charge is -2.31. The Hall–Kier alpha value is -2.17. The van der Waals surface area contributed by atoms with Crippen LogP contribution in [0.4, 0.5) is 0 Å². The van der Waals surface area contributed by atoms with Crippen molar-refractivity contribution in [1.29, 1.82) is 0 Å². The molecular formula is C22H31NO4. The number of rotatable bonds is 9. The van der Waals surface area contributed by atoms with Gasteiger partial charge in [0.15, 0.2) is 5.78 Å². The topological polar surface area (TPSA) is 74.7 Å². The molecular weight excluding hydrogens is 342 g/mol. The Morgan fingerprint density at radius 1 is 1.04 bits per heavy atom. The van der Waals surface area contributed by atoms with E-state index in [9.17, 15) is 14.4 Å². The van der Waals surface area contributed by atoms with E-state index in [1.165, 1.54) is 5.56 Å². The van der Waals surface area contributed by atoms with Crippen molar-refractivity contribution in [2.75, 3.05) is 13.1 Å². The van der Waals surface area contributed by atoms with Gasteiger partial charge in [0.1, 0.15) is 0 Å². The number of carbonyl (C=O) groups excluding carboxylic acids is 2. The minimum absolute atomic E-state index is 0.0167. The zero-order valence-electron chi connectivity index (χ0n) is 16.4. The number of aliphatic carboxylic acids is 1. The third kappa shape index (κ3) is 6.81. The van der Waals surface area contributed by atoms with Gasteiger partial charge in [0.05, 0.1) is 0 Å². The number of carbonyl (C=O) groups is 3. The largest absolute Gasteiger partial charge is 0.481 e. The molecule has 2 rings (SSSR count). The first-order valence-corrected chi connectivity index (χ1v) is 9.99. The predicted molar refractivity (Wildman–Crippen MR) is 105 cm³/mol. The summed E-state index contributed by atoms with van der Waals surface area (Å²) in [6.07, 6.45) is 4.06. The molecule has 5 heteroatoms. The van der Waals surface area contributed by atoms with Gasteiger partial charge in [-0.25, -0.2) is 0 Å². The average Bonchev–Trinajstić information content (AvgIpc) is 2.64. The molecule has 1 amide bonds. The molecule has 1 aromatic rings. The highest BCUT2D eigenvalue weighted by molar-refractivity contribution is 5.98. The number of unbranched alkanes of at least 4 members (excludes halogenated alkanes) is 1. The van der Waals surface area contributed by atoms with Crippen molar-refractivity contribution in [1.82, 2.24) is 4.90 Å². The molecule has 1 N–H and O–H groups in total. The number of piperidine rings is 1. The van der Waals surface area contributed by atoms with Crippen LogP contribution < -0.4 is 0 Å². The first-order valence-electron chi connectivity index (χ1n) is 9.99. The molecule has 0 bridgehead atoms. The fraction of sp³-hybridized carbons (Fsp3) is 0.591. The molecule has 0 radical (unpaired) electrons. The van der Waals surface area contributed by atoms with E-state index in [-0.39, 0.29) is 24.0 Å². The van der Waals surface area contributed by atoms with Gasteiger partial charge in [-0.05, 0) is 43.6 Å². The first kappa shape index (κ1) is 21.1. The van der Waals surface area contributed by atoms with Crippen molar-refractivity contribution < 1.29 is 19.5 Å². The van der Waals surface area contributed by atoms with Gasteiger partial charge >= 0.3 is 5.97 Å². The summed E-state index contributed by atoms with van der Waals surface area (Å²) < 4.78 is 0. The Kier molecular flexibility index (Phi) is 8.01. The van der Waals surface area contributed by atoms with Crippen LogP contribution in [0, 0.1) is 11.8 Å². The van der Waals surface area contributed by atoms with Gasteiger partial charge in [0.2, 0.25) is 5.91 Å². The van der Waals surface area contributed by atoms with Crippen LogP contribution in [-0.2, 0) is 16.0 Å². The van der Waals surface area contributed by atoms with Crippen LogP contribution in [0.25, 0.3) is 0 Å². The van der Waals surface area contributed by atoms with Crippen molar-refractivity contribution in [3.8, 4) is 0 Å². The maximum atomic E-state index is 12.7. The van der Waals surface area contributed by atoms with E-state index >= 15 is 0 Å². The van der Waals surface area contributed by atoms with Crippen LogP contribution in [-0.4, -0.2) is 40.8 Å². The number of Topliss-reactive ketones (excluding diaryl/α,β-unsaturated/α-hetero) is 1. The molecule has 0 spiro atoms. The molecule has 0 saturated carbocycles. The summed E-state index contributed by atoms with van der Waals surface area (Å²) in [5.41, 5.74) is 2.02. The van der Waals surface area contributed by atoms with E-state index in [4.69, 9.17) is 5.11 Å². The minimum atomic E-state index is -0.820. The second-order valence-electron chi connectivity index (χ2n) is 7.92. The fourth-order valence-corrected chi connectivity index (χ4v) is 3.61. The van der Waals surface area contributed by atoms with Crippen molar-refractivity contribution in [2.45, 2.75) is 58.8 Å². The number of hydrogen-bond donors (Lipinski definition) is 1. The van der Waals surface area contributed by atoms with Crippen LogP contribution in [0.15, 0.2) is 24.3 Å². The monoisotopic (exact) mass is 373 g/mol. The number of carboxylic acids is 1. The zero-order valence-corrected chi connectivity index (χ0v) is 16.4. The maximum Gasteiger partial charge on any atom is 0.303 e. The van der Waals surface area contributed by atoms with E-state index in [1.54, 1.807) is 0 Å². The highest BCUT2D eigenvalue weighted by atomic mass is 16.4. The van der Waals surface area contributed by atoms with Crippen molar-refractivity contribution in [3.05, 3.63) is 35.4 Å². The van der Waals surface area contributed by atoms with E-state index in [0.29, 0.717) is 51.1 Å². The molecule has 5 nitrogen and oxygen atoms in total. The first-order chi connectivity index (χ1) is 12.9. The number of likely N-dealkylation sites (tertiary alicyclic amines) is 1. The van der Waals surface area contributed by atoms with Gasteiger partial charge < -0.3 is 10.0 Å².